The first-order valence-electron chi connectivity index (χ1n) is 9.03. The Bertz CT molecular complexity index is 1120. The topological polar surface area (TPSA) is 31.2 Å². The minimum Gasteiger partial charge on any atom is -0.497 e. The van der Waals surface area contributed by atoms with Crippen LogP contribution < -0.4 is 10.3 Å². The molecule has 1 heterocycles. The van der Waals surface area contributed by atoms with Crippen molar-refractivity contribution in [2.24, 2.45) is 0 Å². The molecule has 0 fully saturated rings. The minimum atomic E-state index is 0.0559. The molecule has 0 amide bonds. The predicted octanol–water partition coefficient (Wildman–Crippen LogP) is 4.65. The van der Waals surface area contributed by atoms with Crippen LogP contribution in [0.15, 0.2) is 89.7 Å². The smallest absolute Gasteiger partial charge is 0.254 e. The van der Waals surface area contributed by atoms with Crippen molar-refractivity contribution in [3.63, 3.8) is 0 Å². The van der Waals surface area contributed by atoms with Gasteiger partial charge in [-0.05, 0) is 35.4 Å². The maximum Gasteiger partial charge on any atom is 0.254 e. The Balaban J connectivity index is 1.87. The second-order valence-electron chi connectivity index (χ2n) is 6.63. The van der Waals surface area contributed by atoms with Crippen molar-refractivity contribution in [1.29, 1.82) is 0 Å². The maximum absolute atomic E-state index is 13.3. The molecule has 0 saturated carbocycles. The van der Waals surface area contributed by atoms with Gasteiger partial charge in [0.05, 0.1) is 19.2 Å². The molecule has 0 spiro atoms. The molecule has 0 unspecified atom stereocenters. The fourth-order valence-electron chi connectivity index (χ4n) is 3.42. The molecule has 0 saturated heterocycles. The van der Waals surface area contributed by atoms with E-state index in [4.69, 9.17) is 4.74 Å². The summed E-state index contributed by atoms with van der Waals surface area (Å²) in [5.41, 5.74) is 4.00. The number of pyridine rings is 1. The average Bonchev–Trinajstić information content (AvgIpc) is 2.72. The van der Waals surface area contributed by atoms with Crippen LogP contribution in [0.5, 0.6) is 5.75 Å². The van der Waals surface area contributed by atoms with Crippen molar-refractivity contribution >= 4 is 10.9 Å². The molecule has 3 heteroatoms. The number of ether oxygens (including phenoxy) is 1. The number of nitrogens with zero attached hydrogens (tertiary/aromatic N) is 1. The Kier molecular flexibility index (Phi) is 4.75. The summed E-state index contributed by atoms with van der Waals surface area (Å²) in [7, 11) is 1.66. The van der Waals surface area contributed by atoms with Gasteiger partial charge in [0.1, 0.15) is 5.75 Å². The predicted molar refractivity (Wildman–Crippen MR) is 110 cm³/mol. The fraction of sp³-hybridized carbons (Fsp3) is 0.125. The third-order valence-corrected chi connectivity index (χ3v) is 4.80. The average molecular weight is 355 g/mol. The van der Waals surface area contributed by atoms with Gasteiger partial charge in [-0.3, -0.25) is 4.79 Å². The summed E-state index contributed by atoms with van der Waals surface area (Å²) >= 11 is 0. The lowest BCUT2D eigenvalue weighted by atomic mass is 10.0. The Labute approximate surface area is 158 Å². The van der Waals surface area contributed by atoms with E-state index in [0.717, 1.165) is 33.3 Å². The first-order chi connectivity index (χ1) is 13.2. The second kappa shape index (κ2) is 7.50. The van der Waals surface area contributed by atoms with E-state index >= 15 is 0 Å². The second-order valence-corrected chi connectivity index (χ2v) is 6.63. The molecule has 0 aliphatic rings. The summed E-state index contributed by atoms with van der Waals surface area (Å²) in [6.45, 7) is 0.547. The van der Waals surface area contributed by atoms with Crippen LogP contribution in [-0.4, -0.2) is 11.7 Å². The van der Waals surface area contributed by atoms with Gasteiger partial charge >= 0.3 is 0 Å². The van der Waals surface area contributed by atoms with Gasteiger partial charge in [-0.25, -0.2) is 0 Å². The summed E-state index contributed by atoms with van der Waals surface area (Å²) < 4.78 is 7.24. The zero-order valence-electron chi connectivity index (χ0n) is 15.3. The number of fused-ring (bicyclic) bond motifs is 1. The number of rotatable bonds is 5. The van der Waals surface area contributed by atoms with Gasteiger partial charge in [0, 0.05) is 17.4 Å². The highest BCUT2D eigenvalue weighted by Crippen LogP contribution is 2.22. The van der Waals surface area contributed by atoms with Crippen molar-refractivity contribution in [3.8, 4) is 5.75 Å². The summed E-state index contributed by atoms with van der Waals surface area (Å²) in [4.78, 5) is 13.3. The Morgan fingerprint density at radius 3 is 2.15 bits per heavy atom. The van der Waals surface area contributed by atoms with Gasteiger partial charge in [0.15, 0.2) is 0 Å². The largest absolute Gasteiger partial charge is 0.497 e. The van der Waals surface area contributed by atoms with Gasteiger partial charge < -0.3 is 9.30 Å². The summed E-state index contributed by atoms with van der Waals surface area (Å²) in [6, 6.07) is 28.0. The van der Waals surface area contributed by atoms with E-state index in [0.29, 0.717) is 13.0 Å². The number of benzene rings is 3. The number of aromatic nitrogens is 1. The molecule has 4 aromatic rings. The highest BCUT2D eigenvalue weighted by atomic mass is 16.5. The zero-order chi connectivity index (χ0) is 18.6. The molecule has 134 valence electrons. The molecule has 0 radical (unpaired) electrons. The Hall–Kier alpha value is -3.33. The molecule has 4 rings (SSSR count). The first-order valence-corrected chi connectivity index (χ1v) is 9.03. The van der Waals surface area contributed by atoms with Gasteiger partial charge in [0.25, 0.3) is 5.56 Å². The normalized spacial score (nSPS) is 10.9. The Morgan fingerprint density at radius 1 is 0.815 bits per heavy atom. The quantitative estimate of drug-likeness (QED) is 0.522. The molecule has 3 aromatic carbocycles. The number of hydrogen-bond acceptors (Lipinski definition) is 2. The molecule has 3 nitrogen and oxygen atoms in total. The van der Waals surface area contributed by atoms with Crippen LogP contribution in [0.3, 0.4) is 0 Å². The van der Waals surface area contributed by atoms with Gasteiger partial charge in [-0.15, -0.1) is 0 Å². The van der Waals surface area contributed by atoms with E-state index < -0.39 is 0 Å². The monoisotopic (exact) mass is 355 g/mol. The molecule has 1 aromatic heterocycles. The summed E-state index contributed by atoms with van der Waals surface area (Å²) in [5, 5.41) is 1.01. The van der Waals surface area contributed by atoms with Crippen molar-refractivity contribution in [2.45, 2.75) is 13.0 Å². The highest BCUT2D eigenvalue weighted by molar-refractivity contribution is 5.81. The van der Waals surface area contributed by atoms with Gasteiger partial charge in [-0.1, -0.05) is 60.7 Å². The molecule has 0 N–H and O–H groups in total. The number of methoxy groups -OCH3 is 1. The third kappa shape index (κ3) is 3.63. The van der Waals surface area contributed by atoms with E-state index in [1.807, 2.05) is 77.4 Å². The molecule has 0 bridgehead atoms. The van der Waals surface area contributed by atoms with Crippen LogP contribution in [0.25, 0.3) is 10.9 Å². The van der Waals surface area contributed by atoms with Crippen LogP contribution in [0.2, 0.25) is 0 Å². The van der Waals surface area contributed by atoms with E-state index in [2.05, 4.69) is 12.1 Å². The third-order valence-electron chi connectivity index (χ3n) is 4.80. The minimum absolute atomic E-state index is 0.0559. The first kappa shape index (κ1) is 17.1. The van der Waals surface area contributed by atoms with Crippen molar-refractivity contribution in [1.82, 2.24) is 4.57 Å². The van der Waals surface area contributed by atoms with E-state index in [1.54, 1.807) is 7.11 Å². The number of hydrogen-bond donors (Lipinski definition) is 0. The molecule has 0 aliphatic carbocycles. The van der Waals surface area contributed by atoms with Crippen LogP contribution in [0, 0.1) is 0 Å². The summed E-state index contributed by atoms with van der Waals surface area (Å²) in [6.07, 6.45) is 0.613. The van der Waals surface area contributed by atoms with Crippen LogP contribution in [0.4, 0.5) is 0 Å². The Morgan fingerprint density at radius 2 is 1.48 bits per heavy atom. The van der Waals surface area contributed by atoms with E-state index in [-0.39, 0.29) is 5.56 Å². The molecule has 0 atom stereocenters. The van der Waals surface area contributed by atoms with Crippen LogP contribution >= 0.6 is 0 Å². The maximum atomic E-state index is 13.3. The van der Waals surface area contributed by atoms with Crippen molar-refractivity contribution < 1.29 is 4.74 Å². The van der Waals surface area contributed by atoms with Crippen LogP contribution in [-0.2, 0) is 13.0 Å². The molecular formula is C24H21NO2. The van der Waals surface area contributed by atoms with Gasteiger partial charge in [0.2, 0.25) is 0 Å². The van der Waals surface area contributed by atoms with E-state index in [9.17, 15) is 4.79 Å². The SMILES string of the molecule is COc1ccc2c(c1)cc(Cc1ccccc1)c(=O)n2Cc1ccccc1. The fourth-order valence-corrected chi connectivity index (χ4v) is 3.42. The molecule has 27 heavy (non-hydrogen) atoms. The van der Waals surface area contributed by atoms with E-state index in [1.165, 1.54) is 0 Å². The van der Waals surface area contributed by atoms with Gasteiger partial charge in [-0.2, -0.15) is 0 Å². The zero-order valence-corrected chi connectivity index (χ0v) is 15.3. The molecular weight excluding hydrogens is 334 g/mol. The standard InChI is InChI=1S/C24H21NO2/c1-27-22-12-13-23-20(16-22)15-21(14-18-8-4-2-5-9-18)24(26)25(23)17-19-10-6-3-7-11-19/h2-13,15-16H,14,17H2,1H3. The van der Waals surface area contributed by atoms with Crippen molar-refractivity contribution in [3.05, 3.63) is 112 Å². The lowest BCUT2D eigenvalue weighted by Crippen LogP contribution is -2.25. The highest BCUT2D eigenvalue weighted by Gasteiger charge is 2.11. The van der Waals surface area contributed by atoms with Crippen LogP contribution in [0.1, 0.15) is 16.7 Å². The lowest BCUT2D eigenvalue weighted by molar-refractivity contribution is 0.415. The summed E-state index contributed by atoms with van der Waals surface area (Å²) in [5.74, 6) is 0.790. The lowest BCUT2D eigenvalue weighted by Gasteiger charge is -2.14. The van der Waals surface area contributed by atoms with Crippen molar-refractivity contribution in [2.75, 3.05) is 7.11 Å². The molecule has 0 aliphatic heterocycles.